The van der Waals surface area contributed by atoms with E-state index in [2.05, 4.69) is 31.8 Å². The molecule has 3 N–H and O–H groups in total. The smallest absolute Gasteiger partial charge is 0.416 e. The molecule has 0 saturated heterocycles. The Hall–Kier alpha value is -2.49. The Bertz CT molecular complexity index is 729. The number of amides is 2. The van der Waals surface area contributed by atoms with Gasteiger partial charge in [-0.1, -0.05) is 0 Å². The number of H-pyrrole nitrogens is 1. The second-order valence-electron chi connectivity index (χ2n) is 4.54. The molecular weight excluding hydrogens is 395 g/mol. The van der Waals surface area contributed by atoms with Crippen molar-refractivity contribution in [1.29, 1.82) is 0 Å². The van der Waals surface area contributed by atoms with Gasteiger partial charge in [-0.15, -0.1) is 0 Å². The van der Waals surface area contributed by atoms with Crippen LogP contribution in [0.15, 0.2) is 41.0 Å². The summed E-state index contributed by atoms with van der Waals surface area (Å²) in [6.45, 7) is -0.472. The first kappa shape index (κ1) is 17.9. The predicted octanol–water partition coefficient (Wildman–Crippen LogP) is 2.64. The van der Waals surface area contributed by atoms with Gasteiger partial charge < -0.3 is 9.72 Å². The number of aromatic amines is 1. The second kappa shape index (κ2) is 7.39. The molecule has 128 valence electrons. The average Bonchev–Trinajstić information content (AvgIpc) is 2.96. The zero-order chi connectivity index (χ0) is 17.7. The van der Waals surface area contributed by atoms with Crippen LogP contribution >= 0.6 is 15.9 Å². The van der Waals surface area contributed by atoms with Gasteiger partial charge in [0, 0.05) is 10.7 Å². The van der Waals surface area contributed by atoms with E-state index < -0.39 is 30.2 Å². The molecule has 2 amide bonds. The van der Waals surface area contributed by atoms with Crippen LogP contribution in [0.5, 0.6) is 5.75 Å². The number of benzene rings is 1. The van der Waals surface area contributed by atoms with E-state index in [1.807, 2.05) is 0 Å². The lowest BCUT2D eigenvalue weighted by molar-refractivity contribution is -0.137. The minimum atomic E-state index is -4.44. The summed E-state index contributed by atoms with van der Waals surface area (Å²) < 4.78 is 42.9. The van der Waals surface area contributed by atoms with Gasteiger partial charge in [-0.2, -0.15) is 13.2 Å². The minimum absolute atomic E-state index is 0.0952. The number of aromatic nitrogens is 1. The molecule has 0 bridgehead atoms. The van der Waals surface area contributed by atoms with Crippen LogP contribution in [0.2, 0.25) is 0 Å². The summed E-state index contributed by atoms with van der Waals surface area (Å²) in [4.78, 5) is 25.8. The van der Waals surface area contributed by atoms with E-state index in [0.717, 1.165) is 24.3 Å². The lowest BCUT2D eigenvalue weighted by Gasteiger charge is -2.10. The molecule has 6 nitrogen and oxygen atoms in total. The summed E-state index contributed by atoms with van der Waals surface area (Å²) in [5.74, 6) is -1.14. The van der Waals surface area contributed by atoms with Crippen LogP contribution in [0.3, 0.4) is 0 Å². The van der Waals surface area contributed by atoms with E-state index >= 15 is 0 Å². The third-order valence-electron chi connectivity index (χ3n) is 2.76. The summed E-state index contributed by atoms with van der Waals surface area (Å²) in [5, 5.41) is 0. The van der Waals surface area contributed by atoms with E-state index in [0.29, 0.717) is 4.47 Å². The van der Waals surface area contributed by atoms with Crippen molar-refractivity contribution in [2.24, 2.45) is 0 Å². The molecule has 24 heavy (non-hydrogen) atoms. The van der Waals surface area contributed by atoms with Crippen molar-refractivity contribution in [1.82, 2.24) is 15.8 Å². The Morgan fingerprint density at radius 3 is 2.38 bits per heavy atom. The minimum Gasteiger partial charge on any atom is -0.484 e. The van der Waals surface area contributed by atoms with Crippen LogP contribution in [-0.4, -0.2) is 23.4 Å². The average molecular weight is 406 g/mol. The van der Waals surface area contributed by atoms with Crippen LogP contribution in [0.25, 0.3) is 0 Å². The quantitative estimate of drug-likeness (QED) is 0.683. The van der Waals surface area contributed by atoms with Crippen LogP contribution in [-0.2, 0) is 11.0 Å². The summed E-state index contributed by atoms with van der Waals surface area (Å²) in [6.07, 6.45) is -2.89. The molecular formula is C14H11BrF3N3O3. The first-order valence-electron chi connectivity index (χ1n) is 6.49. The number of ether oxygens (including phenoxy) is 1. The number of carbonyl (C=O) groups is 2. The summed E-state index contributed by atoms with van der Waals surface area (Å²) in [6, 6.07) is 5.41. The number of carbonyl (C=O) groups excluding carboxylic acids is 2. The molecule has 0 aliphatic rings. The van der Waals surface area contributed by atoms with E-state index in [1.54, 1.807) is 6.20 Å². The largest absolute Gasteiger partial charge is 0.484 e. The maximum atomic E-state index is 12.4. The number of hydrazine groups is 1. The Labute approximate surface area is 142 Å². The fourth-order valence-electron chi connectivity index (χ4n) is 1.62. The summed E-state index contributed by atoms with van der Waals surface area (Å²) in [5.41, 5.74) is 3.69. The standard InChI is InChI=1S/C14H11BrF3N3O3/c15-9-5-11(19-6-9)13(23)21-20-12(22)7-24-10-3-1-8(2-4-10)14(16,17)18/h1-6,19H,7H2,(H,20,22)(H,21,23). The monoisotopic (exact) mass is 405 g/mol. The van der Waals surface area contributed by atoms with Crippen LogP contribution in [0.4, 0.5) is 13.2 Å². The van der Waals surface area contributed by atoms with Gasteiger partial charge in [-0.25, -0.2) is 0 Å². The van der Waals surface area contributed by atoms with Gasteiger partial charge >= 0.3 is 6.18 Å². The van der Waals surface area contributed by atoms with Gasteiger partial charge in [0.15, 0.2) is 6.61 Å². The highest BCUT2D eigenvalue weighted by Crippen LogP contribution is 2.30. The molecule has 0 fully saturated rings. The first-order chi connectivity index (χ1) is 11.3. The van der Waals surface area contributed by atoms with Crippen LogP contribution < -0.4 is 15.6 Å². The lowest BCUT2D eigenvalue weighted by Crippen LogP contribution is -2.43. The van der Waals surface area contributed by atoms with Gasteiger partial charge in [0.1, 0.15) is 11.4 Å². The van der Waals surface area contributed by atoms with Crippen LogP contribution in [0.1, 0.15) is 16.1 Å². The summed E-state index contributed by atoms with van der Waals surface area (Å²) in [7, 11) is 0. The molecule has 0 aliphatic heterocycles. The first-order valence-corrected chi connectivity index (χ1v) is 7.28. The number of hydrogen-bond acceptors (Lipinski definition) is 3. The fraction of sp³-hybridized carbons (Fsp3) is 0.143. The molecule has 1 heterocycles. The van der Waals surface area contributed by atoms with Crippen molar-refractivity contribution in [3.8, 4) is 5.75 Å². The van der Waals surface area contributed by atoms with Crippen molar-refractivity contribution < 1.29 is 27.5 Å². The Morgan fingerprint density at radius 2 is 1.83 bits per heavy atom. The number of hydrogen-bond donors (Lipinski definition) is 3. The van der Waals surface area contributed by atoms with E-state index in [1.165, 1.54) is 6.07 Å². The van der Waals surface area contributed by atoms with Crippen molar-refractivity contribution in [2.75, 3.05) is 6.61 Å². The van der Waals surface area contributed by atoms with Crippen molar-refractivity contribution in [3.63, 3.8) is 0 Å². The number of rotatable bonds is 4. The van der Waals surface area contributed by atoms with E-state index in [4.69, 9.17) is 4.74 Å². The molecule has 2 rings (SSSR count). The second-order valence-corrected chi connectivity index (χ2v) is 5.46. The third-order valence-corrected chi connectivity index (χ3v) is 3.22. The van der Waals surface area contributed by atoms with Gasteiger partial charge in [-0.3, -0.25) is 20.4 Å². The highest BCUT2D eigenvalue weighted by Gasteiger charge is 2.30. The maximum absolute atomic E-state index is 12.4. The van der Waals surface area contributed by atoms with E-state index in [-0.39, 0.29) is 11.4 Å². The van der Waals surface area contributed by atoms with Gasteiger partial charge in [0.2, 0.25) is 0 Å². The molecule has 2 aromatic rings. The van der Waals surface area contributed by atoms with Gasteiger partial charge in [0.25, 0.3) is 11.8 Å². The predicted molar refractivity (Wildman–Crippen MR) is 81.0 cm³/mol. The number of nitrogens with one attached hydrogen (secondary N) is 3. The molecule has 10 heteroatoms. The zero-order valence-corrected chi connectivity index (χ0v) is 13.5. The van der Waals surface area contributed by atoms with Gasteiger partial charge in [0.05, 0.1) is 5.56 Å². The molecule has 0 spiro atoms. The topological polar surface area (TPSA) is 83.2 Å². The maximum Gasteiger partial charge on any atom is 0.416 e. The SMILES string of the molecule is O=C(COc1ccc(C(F)(F)F)cc1)NNC(=O)c1cc(Br)c[nH]1. The summed E-state index contributed by atoms with van der Waals surface area (Å²) >= 11 is 3.16. The van der Waals surface area contributed by atoms with Crippen LogP contribution in [0, 0.1) is 0 Å². The van der Waals surface area contributed by atoms with Crippen molar-refractivity contribution in [3.05, 3.63) is 52.3 Å². The molecule has 0 unspecified atom stereocenters. The Morgan fingerprint density at radius 1 is 1.17 bits per heavy atom. The normalized spacial score (nSPS) is 11.0. The Balaban J connectivity index is 1.78. The van der Waals surface area contributed by atoms with E-state index in [9.17, 15) is 22.8 Å². The highest BCUT2D eigenvalue weighted by atomic mass is 79.9. The van der Waals surface area contributed by atoms with Crippen molar-refractivity contribution in [2.45, 2.75) is 6.18 Å². The number of halogens is 4. The fourth-order valence-corrected chi connectivity index (χ4v) is 1.96. The Kier molecular flexibility index (Phi) is 5.50. The van der Waals surface area contributed by atoms with Gasteiger partial charge in [-0.05, 0) is 46.3 Å². The molecule has 0 saturated carbocycles. The molecule has 1 aromatic carbocycles. The highest BCUT2D eigenvalue weighted by molar-refractivity contribution is 9.10. The lowest BCUT2D eigenvalue weighted by atomic mass is 10.2. The van der Waals surface area contributed by atoms with Crippen molar-refractivity contribution >= 4 is 27.7 Å². The molecule has 1 aromatic heterocycles. The molecule has 0 aliphatic carbocycles. The molecule has 0 atom stereocenters. The third kappa shape index (κ3) is 5.01. The zero-order valence-electron chi connectivity index (χ0n) is 11.9. The molecule has 0 radical (unpaired) electrons. The number of alkyl halides is 3.